The number of ether oxygens (including phenoxy) is 1. The Labute approximate surface area is 141 Å². The van der Waals surface area contributed by atoms with Crippen LogP contribution in [-0.4, -0.2) is 19.1 Å². The van der Waals surface area contributed by atoms with Gasteiger partial charge in [-0.3, -0.25) is 0 Å². The molecule has 0 unspecified atom stereocenters. The van der Waals surface area contributed by atoms with E-state index >= 15 is 0 Å². The first kappa shape index (κ1) is 15.6. The van der Waals surface area contributed by atoms with Crippen LogP contribution in [0.5, 0.6) is 0 Å². The molecule has 0 saturated carbocycles. The molecule has 4 heteroatoms. The van der Waals surface area contributed by atoms with Gasteiger partial charge in [0.2, 0.25) is 0 Å². The van der Waals surface area contributed by atoms with Crippen LogP contribution in [-0.2, 0) is 9.53 Å². The normalized spacial score (nSPS) is 14.3. The van der Waals surface area contributed by atoms with Crippen molar-refractivity contribution in [3.05, 3.63) is 70.8 Å². The number of anilines is 1. The van der Waals surface area contributed by atoms with Crippen molar-refractivity contribution in [1.82, 2.24) is 0 Å². The maximum Gasteiger partial charge on any atom is 0.336 e. The molecule has 1 heterocycles. The molecule has 0 atom stereocenters. The van der Waals surface area contributed by atoms with Crippen LogP contribution in [0.2, 0.25) is 5.02 Å². The predicted molar refractivity (Wildman–Crippen MR) is 93.4 cm³/mol. The van der Waals surface area contributed by atoms with Crippen molar-refractivity contribution in [3.63, 3.8) is 0 Å². The van der Waals surface area contributed by atoms with E-state index in [0.29, 0.717) is 18.1 Å². The Morgan fingerprint density at radius 1 is 1.13 bits per heavy atom. The van der Waals surface area contributed by atoms with Gasteiger partial charge in [-0.15, -0.1) is 0 Å². The highest BCUT2D eigenvalue weighted by Crippen LogP contribution is 2.36. The van der Waals surface area contributed by atoms with Gasteiger partial charge in [-0.25, -0.2) is 4.79 Å². The van der Waals surface area contributed by atoms with E-state index in [1.54, 1.807) is 0 Å². The largest absolute Gasteiger partial charge is 0.463 e. The minimum Gasteiger partial charge on any atom is -0.463 e. The van der Waals surface area contributed by atoms with E-state index in [-0.39, 0.29) is 5.97 Å². The molecule has 0 aromatic heterocycles. The number of halogens is 1. The lowest BCUT2D eigenvalue weighted by molar-refractivity contribution is -0.138. The molecule has 1 aliphatic rings. The minimum absolute atomic E-state index is 0.234. The summed E-state index contributed by atoms with van der Waals surface area (Å²) in [6.45, 7) is 2.96. The summed E-state index contributed by atoms with van der Waals surface area (Å²) in [7, 11) is 0. The molecule has 23 heavy (non-hydrogen) atoms. The van der Waals surface area contributed by atoms with E-state index in [2.05, 4.69) is 4.90 Å². The number of nitrogens with zero attached hydrogens (tertiary/aromatic N) is 1. The Kier molecular flexibility index (Phi) is 4.68. The summed E-state index contributed by atoms with van der Waals surface area (Å²) in [6.07, 6.45) is 0.672. The number of esters is 1. The lowest BCUT2D eigenvalue weighted by atomic mass is 10.1. The van der Waals surface area contributed by atoms with Crippen molar-refractivity contribution >= 4 is 29.0 Å². The van der Waals surface area contributed by atoms with E-state index in [1.165, 1.54) is 0 Å². The first-order valence-corrected chi connectivity index (χ1v) is 8.07. The summed E-state index contributed by atoms with van der Waals surface area (Å²) < 4.78 is 5.24. The third kappa shape index (κ3) is 3.25. The second-order valence-electron chi connectivity index (χ2n) is 5.29. The molecule has 1 aliphatic heterocycles. The van der Waals surface area contributed by atoms with Crippen LogP contribution in [0.4, 0.5) is 5.69 Å². The maximum atomic E-state index is 12.3. The molecule has 0 radical (unpaired) electrons. The summed E-state index contributed by atoms with van der Waals surface area (Å²) in [4.78, 5) is 14.5. The molecule has 2 aromatic carbocycles. The van der Waals surface area contributed by atoms with Gasteiger partial charge in [0.1, 0.15) is 0 Å². The highest BCUT2D eigenvalue weighted by Gasteiger charge is 2.29. The number of hydrogen-bond acceptors (Lipinski definition) is 3. The zero-order valence-corrected chi connectivity index (χ0v) is 13.7. The smallest absolute Gasteiger partial charge is 0.336 e. The molecule has 0 aliphatic carbocycles. The third-order valence-corrected chi connectivity index (χ3v) is 4.10. The average Bonchev–Trinajstić information content (AvgIpc) is 3.01. The Bertz CT molecular complexity index is 723. The molecule has 0 fully saturated rings. The summed E-state index contributed by atoms with van der Waals surface area (Å²) >= 11 is 5.99. The van der Waals surface area contributed by atoms with Crippen LogP contribution in [0.25, 0.3) is 5.70 Å². The molecule has 3 rings (SSSR count). The summed E-state index contributed by atoms with van der Waals surface area (Å²) in [6, 6.07) is 17.6. The fourth-order valence-electron chi connectivity index (χ4n) is 2.84. The van der Waals surface area contributed by atoms with Gasteiger partial charge in [0.15, 0.2) is 0 Å². The molecule has 3 nitrogen and oxygen atoms in total. The van der Waals surface area contributed by atoms with Gasteiger partial charge in [-0.2, -0.15) is 0 Å². The molecule has 0 amide bonds. The van der Waals surface area contributed by atoms with Crippen molar-refractivity contribution < 1.29 is 9.53 Å². The molecule has 0 bridgehead atoms. The maximum absolute atomic E-state index is 12.3. The fourth-order valence-corrected chi connectivity index (χ4v) is 2.96. The standard InChI is InChI=1S/C19H18ClNO2/c1-2-23-19(22)17-12-13-21(16-10-8-15(20)9-11-16)18(17)14-6-4-3-5-7-14/h3-11H,2,12-13H2,1H3. The summed E-state index contributed by atoms with van der Waals surface area (Å²) in [5, 5.41) is 0.698. The SMILES string of the molecule is CCOC(=O)C1=C(c2ccccc2)N(c2ccc(Cl)cc2)CC1. The highest BCUT2D eigenvalue weighted by molar-refractivity contribution is 6.30. The molecular formula is C19H18ClNO2. The van der Waals surface area contributed by atoms with Crippen molar-refractivity contribution in [3.8, 4) is 0 Å². The Morgan fingerprint density at radius 2 is 1.83 bits per heavy atom. The molecule has 0 N–H and O–H groups in total. The first-order chi connectivity index (χ1) is 11.2. The van der Waals surface area contributed by atoms with Crippen molar-refractivity contribution in [2.24, 2.45) is 0 Å². The van der Waals surface area contributed by atoms with E-state index in [0.717, 1.165) is 29.1 Å². The fraction of sp³-hybridized carbons (Fsp3) is 0.211. The molecule has 118 valence electrons. The van der Waals surface area contributed by atoms with Crippen molar-refractivity contribution in [2.45, 2.75) is 13.3 Å². The summed E-state index contributed by atoms with van der Waals surface area (Å²) in [5.74, 6) is -0.234. The zero-order valence-electron chi connectivity index (χ0n) is 13.0. The zero-order chi connectivity index (χ0) is 16.2. The Balaban J connectivity index is 2.06. The van der Waals surface area contributed by atoms with E-state index < -0.39 is 0 Å². The number of rotatable bonds is 4. The third-order valence-electron chi connectivity index (χ3n) is 3.85. The first-order valence-electron chi connectivity index (χ1n) is 7.69. The Morgan fingerprint density at radius 3 is 2.48 bits per heavy atom. The van der Waals surface area contributed by atoms with Gasteiger partial charge in [-0.1, -0.05) is 41.9 Å². The van der Waals surface area contributed by atoms with Crippen LogP contribution in [0.15, 0.2) is 60.2 Å². The lowest BCUT2D eigenvalue weighted by Gasteiger charge is -2.23. The van der Waals surface area contributed by atoms with Crippen molar-refractivity contribution in [2.75, 3.05) is 18.1 Å². The van der Waals surface area contributed by atoms with E-state index in [9.17, 15) is 4.79 Å². The number of benzene rings is 2. The quantitative estimate of drug-likeness (QED) is 0.773. The van der Waals surface area contributed by atoms with Crippen LogP contribution < -0.4 is 4.90 Å². The van der Waals surface area contributed by atoms with E-state index in [1.807, 2.05) is 61.5 Å². The Hall–Kier alpha value is -2.26. The van der Waals surface area contributed by atoms with Gasteiger partial charge in [-0.05, 0) is 43.2 Å². The second-order valence-corrected chi connectivity index (χ2v) is 5.73. The number of hydrogen-bond donors (Lipinski definition) is 0. The molecule has 2 aromatic rings. The molecule has 0 saturated heterocycles. The van der Waals surface area contributed by atoms with Gasteiger partial charge in [0.25, 0.3) is 0 Å². The van der Waals surface area contributed by atoms with Crippen molar-refractivity contribution in [1.29, 1.82) is 0 Å². The minimum atomic E-state index is -0.234. The van der Waals surface area contributed by atoms with Crippen LogP contribution >= 0.6 is 11.6 Å². The molecular weight excluding hydrogens is 310 g/mol. The predicted octanol–water partition coefficient (Wildman–Crippen LogP) is 4.52. The topological polar surface area (TPSA) is 29.5 Å². The van der Waals surface area contributed by atoms with Crippen LogP contribution in [0, 0.1) is 0 Å². The van der Waals surface area contributed by atoms with Gasteiger partial charge in [0, 0.05) is 17.3 Å². The van der Waals surface area contributed by atoms with E-state index in [4.69, 9.17) is 16.3 Å². The average molecular weight is 328 g/mol. The highest BCUT2D eigenvalue weighted by atomic mass is 35.5. The number of carbonyl (C=O) groups is 1. The van der Waals surface area contributed by atoms with Crippen LogP contribution in [0.1, 0.15) is 18.9 Å². The monoisotopic (exact) mass is 327 g/mol. The molecule has 0 spiro atoms. The summed E-state index contributed by atoms with van der Waals surface area (Å²) in [5.41, 5.74) is 3.69. The second kappa shape index (κ2) is 6.88. The van der Waals surface area contributed by atoms with Gasteiger partial charge >= 0.3 is 5.97 Å². The lowest BCUT2D eigenvalue weighted by Crippen LogP contribution is -2.18. The number of carbonyl (C=O) groups excluding carboxylic acids is 1. The van der Waals surface area contributed by atoms with Crippen LogP contribution in [0.3, 0.4) is 0 Å². The van der Waals surface area contributed by atoms with Gasteiger partial charge < -0.3 is 9.64 Å². The van der Waals surface area contributed by atoms with Gasteiger partial charge in [0.05, 0.1) is 17.9 Å².